The van der Waals surface area contributed by atoms with Crippen molar-refractivity contribution < 1.29 is 0 Å². The summed E-state index contributed by atoms with van der Waals surface area (Å²) in [6.07, 6.45) is 3.98. The lowest BCUT2D eigenvalue weighted by Gasteiger charge is -2.03. The molecule has 1 rings (SSSR count). The van der Waals surface area contributed by atoms with Crippen molar-refractivity contribution in [2.75, 3.05) is 0 Å². The molecule has 0 spiro atoms. The van der Waals surface area contributed by atoms with Crippen LogP contribution in [0.5, 0.6) is 0 Å². The Hall–Kier alpha value is -0.900. The van der Waals surface area contributed by atoms with Gasteiger partial charge in [-0.2, -0.15) is 0 Å². The second-order valence-electron chi connectivity index (χ2n) is 2.89. The van der Waals surface area contributed by atoms with Crippen LogP contribution in [0.3, 0.4) is 0 Å². The van der Waals surface area contributed by atoms with Gasteiger partial charge < -0.3 is 5.73 Å². The van der Waals surface area contributed by atoms with E-state index in [1.807, 2.05) is 13.1 Å². The van der Waals surface area contributed by atoms with Crippen LogP contribution in [0.1, 0.15) is 38.4 Å². The van der Waals surface area contributed by atoms with E-state index in [1.165, 1.54) is 0 Å². The van der Waals surface area contributed by atoms with Gasteiger partial charge in [-0.05, 0) is 13.3 Å². The van der Waals surface area contributed by atoms with E-state index in [0.29, 0.717) is 0 Å². The summed E-state index contributed by atoms with van der Waals surface area (Å²) in [7, 11) is 0. The molecule has 0 bridgehead atoms. The van der Waals surface area contributed by atoms with Gasteiger partial charge in [-0.15, -0.1) is 5.10 Å². The van der Waals surface area contributed by atoms with Gasteiger partial charge in [0.15, 0.2) is 0 Å². The van der Waals surface area contributed by atoms with Gasteiger partial charge in [0.05, 0.1) is 17.9 Å². The molecule has 12 heavy (non-hydrogen) atoms. The first-order chi connectivity index (χ1) is 5.77. The van der Waals surface area contributed by atoms with E-state index >= 15 is 0 Å². The topological polar surface area (TPSA) is 56.7 Å². The molecule has 2 N–H and O–H groups in total. The van der Waals surface area contributed by atoms with E-state index in [4.69, 9.17) is 5.73 Å². The molecule has 0 aliphatic heterocycles. The summed E-state index contributed by atoms with van der Waals surface area (Å²) in [5.41, 5.74) is 6.76. The minimum atomic E-state index is 0.0512. The van der Waals surface area contributed by atoms with Gasteiger partial charge in [-0.3, -0.25) is 4.68 Å². The number of nitrogens with zero attached hydrogens (tertiary/aromatic N) is 3. The average molecular weight is 168 g/mol. The van der Waals surface area contributed by atoms with Crippen molar-refractivity contribution in [1.29, 1.82) is 0 Å². The Balaban J connectivity index is 2.61. The van der Waals surface area contributed by atoms with Crippen LogP contribution in [0.25, 0.3) is 0 Å². The predicted molar refractivity (Wildman–Crippen MR) is 47.5 cm³/mol. The van der Waals surface area contributed by atoms with Crippen molar-refractivity contribution in [2.45, 2.75) is 39.3 Å². The molecule has 68 valence electrons. The average Bonchev–Trinajstić information content (AvgIpc) is 2.52. The van der Waals surface area contributed by atoms with E-state index in [1.54, 1.807) is 4.68 Å². The summed E-state index contributed by atoms with van der Waals surface area (Å²) in [6.45, 7) is 5.00. The number of hydrogen-bond acceptors (Lipinski definition) is 3. The standard InChI is InChI=1S/C8H16N4/c1-3-5-7(9)8-6-12(4-2)11-10-8/h6-7H,3-5,9H2,1-2H3. The van der Waals surface area contributed by atoms with Crippen LogP contribution in [-0.4, -0.2) is 15.0 Å². The second kappa shape index (κ2) is 4.21. The van der Waals surface area contributed by atoms with E-state index in [-0.39, 0.29) is 6.04 Å². The first-order valence-corrected chi connectivity index (χ1v) is 4.43. The summed E-state index contributed by atoms with van der Waals surface area (Å²) in [4.78, 5) is 0. The fourth-order valence-corrected chi connectivity index (χ4v) is 1.10. The van der Waals surface area contributed by atoms with Crippen LogP contribution < -0.4 is 5.73 Å². The first kappa shape index (κ1) is 9.19. The third-order valence-corrected chi connectivity index (χ3v) is 1.86. The Morgan fingerprint density at radius 3 is 2.83 bits per heavy atom. The highest BCUT2D eigenvalue weighted by Crippen LogP contribution is 2.11. The van der Waals surface area contributed by atoms with Gasteiger partial charge in [0, 0.05) is 6.54 Å². The molecule has 0 radical (unpaired) electrons. The van der Waals surface area contributed by atoms with E-state index in [0.717, 1.165) is 25.1 Å². The lowest BCUT2D eigenvalue weighted by Crippen LogP contribution is -2.10. The van der Waals surface area contributed by atoms with E-state index in [9.17, 15) is 0 Å². The summed E-state index contributed by atoms with van der Waals surface area (Å²) < 4.78 is 1.80. The fourth-order valence-electron chi connectivity index (χ4n) is 1.10. The van der Waals surface area contributed by atoms with Crippen molar-refractivity contribution >= 4 is 0 Å². The monoisotopic (exact) mass is 168 g/mol. The quantitative estimate of drug-likeness (QED) is 0.732. The molecule has 0 saturated heterocycles. The van der Waals surface area contributed by atoms with Crippen molar-refractivity contribution in [2.24, 2.45) is 5.73 Å². The molecule has 0 aliphatic rings. The lowest BCUT2D eigenvalue weighted by atomic mass is 10.1. The molecule has 0 aliphatic carbocycles. The van der Waals surface area contributed by atoms with Crippen molar-refractivity contribution in [3.8, 4) is 0 Å². The molecule has 1 aromatic rings. The Morgan fingerprint density at radius 1 is 1.58 bits per heavy atom. The van der Waals surface area contributed by atoms with E-state index < -0.39 is 0 Å². The zero-order chi connectivity index (χ0) is 8.97. The number of hydrogen-bond donors (Lipinski definition) is 1. The zero-order valence-electron chi connectivity index (χ0n) is 7.70. The predicted octanol–water partition coefficient (Wildman–Crippen LogP) is 1.10. The maximum absolute atomic E-state index is 5.86. The first-order valence-electron chi connectivity index (χ1n) is 4.43. The van der Waals surface area contributed by atoms with Crippen molar-refractivity contribution in [3.63, 3.8) is 0 Å². The number of rotatable bonds is 4. The molecule has 0 fully saturated rings. The number of aromatic nitrogens is 3. The van der Waals surface area contributed by atoms with Crippen LogP contribution in [0.4, 0.5) is 0 Å². The van der Waals surface area contributed by atoms with Gasteiger partial charge in [0.2, 0.25) is 0 Å². The third-order valence-electron chi connectivity index (χ3n) is 1.86. The minimum Gasteiger partial charge on any atom is -0.323 e. The van der Waals surface area contributed by atoms with Gasteiger partial charge in [0.1, 0.15) is 0 Å². The Kier molecular flexibility index (Phi) is 3.22. The lowest BCUT2D eigenvalue weighted by molar-refractivity contribution is 0.614. The molecular formula is C8H16N4. The summed E-state index contributed by atoms with van der Waals surface area (Å²) in [6, 6.07) is 0.0512. The molecule has 0 saturated carbocycles. The maximum atomic E-state index is 5.86. The number of nitrogens with two attached hydrogens (primary N) is 1. The highest BCUT2D eigenvalue weighted by atomic mass is 15.4. The van der Waals surface area contributed by atoms with Gasteiger partial charge >= 0.3 is 0 Å². The number of aryl methyl sites for hydroxylation is 1. The van der Waals surface area contributed by atoms with Crippen LogP contribution >= 0.6 is 0 Å². The summed E-state index contributed by atoms with van der Waals surface area (Å²) in [5.74, 6) is 0. The van der Waals surface area contributed by atoms with Gasteiger partial charge in [-0.25, -0.2) is 0 Å². The fraction of sp³-hybridized carbons (Fsp3) is 0.750. The molecular weight excluding hydrogens is 152 g/mol. The van der Waals surface area contributed by atoms with Crippen molar-refractivity contribution in [1.82, 2.24) is 15.0 Å². The SMILES string of the molecule is CCCC(N)c1cn(CC)nn1. The molecule has 1 unspecified atom stereocenters. The third kappa shape index (κ3) is 2.04. The molecule has 1 aromatic heterocycles. The van der Waals surface area contributed by atoms with Gasteiger partial charge in [-0.1, -0.05) is 18.6 Å². The summed E-state index contributed by atoms with van der Waals surface area (Å²) in [5, 5.41) is 7.92. The molecule has 4 nitrogen and oxygen atoms in total. The van der Waals surface area contributed by atoms with Crippen LogP contribution in [0.15, 0.2) is 6.20 Å². The minimum absolute atomic E-state index is 0.0512. The van der Waals surface area contributed by atoms with Crippen LogP contribution in [0.2, 0.25) is 0 Å². The molecule has 0 aromatic carbocycles. The largest absolute Gasteiger partial charge is 0.323 e. The molecule has 1 atom stereocenters. The Bertz CT molecular complexity index is 231. The molecule has 0 amide bonds. The van der Waals surface area contributed by atoms with E-state index in [2.05, 4.69) is 17.2 Å². The highest BCUT2D eigenvalue weighted by molar-refractivity contribution is 4.98. The maximum Gasteiger partial charge on any atom is 0.0994 e. The van der Waals surface area contributed by atoms with Crippen LogP contribution in [0, 0.1) is 0 Å². The normalized spacial score (nSPS) is 13.2. The summed E-state index contributed by atoms with van der Waals surface area (Å²) >= 11 is 0. The zero-order valence-corrected chi connectivity index (χ0v) is 7.70. The smallest absolute Gasteiger partial charge is 0.0994 e. The second-order valence-corrected chi connectivity index (χ2v) is 2.89. The Labute approximate surface area is 72.8 Å². The van der Waals surface area contributed by atoms with Crippen LogP contribution in [-0.2, 0) is 6.54 Å². The highest BCUT2D eigenvalue weighted by Gasteiger charge is 2.08. The molecule has 4 heteroatoms. The Morgan fingerprint density at radius 2 is 2.33 bits per heavy atom. The molecule has 1 heterocycles. The van der Waals surface area contributed by atoms with Gasteiger partial charge in [0.25, 0.3) is 0 Å². The van der Waals surface area contributed by atoms with Crippen molar-refractivity contribution in [3.05, 3.63) is 11.9 Å².